The van der Waals surface area contributed by atoms with E-state index in [1.54, 1.807) is 18.2 Å². The van der Waals surface area contributed by atoms with Gasteiger partial charge in [0.25, 0.3) is 0 Å². The van der Waals surface area contributed by atoms with Gasteiger partial charge in [-0.15, -0.1) is 0 Å². The third kappa shape index (κ3) is 3.30. The summed E-state index contributed by atoms with van der Waals surface area (Å²) in [6.45, 7) is 4.28. The first kappa shape index (κ1) is 14.8. The Labute approximate surface area is 123 Å². The summed E-state index contributed by atoms with van der Waals surface area (Å²) in [6.07, 6.45) is 0.649. The van der Waals surface area contributed by atoms with Crippen molar-refractivity contribution in [1.29, 1.82) is 0 Å². The van der Waals surface area contributed by atoms with E-state index in [0.29, 0.717) is 23.7 Å². The number of hydrogen-bond donors (Lipinski definition) is 1. The molecular weight excluding hydrogens is 277 g/mol. The second kappa shape index (κ2) is 6.25. The Morgan fingerprint density at radius 1 is 1.15 bits per heavy atom. The molecular formula is C16H17ClFNO. The third-order valence-corrected chi connectivity index (χ3v) is 3.66. The lowest BCUT2D eigenvalue weighted by atomic mass is 10.1. The maximum Gasteiger partial charge on any atom is 0.165 e. The highest BCUT2D eigenvalue weighted by Crippen LogP contribution is 2.30. The summed E-state index contributed by atoms with van der Waals surface area (Å²) in [5.41, 5.74) is 8.12. The highest BCUT2D eigenvalue weighted by molar-refractivity contribution is 6.32. The fourth-order valence-corrected chi connectivity index (χ4v) is 2.15. The number of nitrogens with two attached hydrogens (primary N) is 1. The van der Waals surface area contributed by atoms with Crippen LogP contribution in [0.3, 0.4) is 0 Å². The zero-order chi connectivity index (χ0) is 14.7. The van der Waals surface area contributed by atoms with Gasteiger partial charge in [-0.1, -0.05) is 17.7 Å². The summed E-state index contributed by atoms with van der Waals surface area (Å²) in [4.78, 5) is 0. The zero-order valence-corrected chi connectivity index (χ0v) is 12.3. The molecule has 0 amide bonds. The SMILES string of the molecule is Cc1cc(Oc2ccc(CCN)cc2F)cc(C)c1Cl. The molecule has 0 fully saturated rings. The monoisotopic (exact) mass is 293 g/mol. The molecule has 2 N–H and O–H groups in total. The van der Waals surface area contributed by atoms with Crippen LogP contribution in [-0.4, -0.2) is 6.54 Å². The fraction of sp³-hybridized carbons (Fsp3) is 0.250. The minimum absolute atomic E-state index is 0.201. The van der Waals surface area contributed by atoms with Crippen LogP contribution in [0.15, 0.2) is 30.3 Å². The molecule has 0 unspecified atom stereocenters. The normalized spacial score (nSPS) is 10.7. The molecule has 0 aliphatic rings. The lowest BCUT2D eigenvalue weighted by Crippen LogP contribution is -2.03. The number of halogens is 2. The van der Waals surface area contributed by atoms with Gasteiger partial charge in [0.2, 0.25) is 0 Å². The Hall–Kier alpha value is -1.58. The minimum atomic E-state index is -0.388. The number of hydrogen-bond acceptors (Lipinski definition) is 2. The van der Waals surface area contributed by atoms with Crippen molar-refractivity contribution in [3.63, 3.8) is 0 Å². The maximum atomic E-state index is 13.9. The van der Waals surface area contributed by atoms with Crippen molar-refractivity contribution in [2.24, 2.45) is 5.73 Å². The number of aryl methyl sites for hydroxylation is 2. The van der Waals surface area contributed by atoms with E-state index < -0.39 is 0 Å². The first-order valence-corrected chi connectivity index (χ1v) is 6.82. The largest absolute Gasteiger partial charge is 0.454 e. The standard InChI is InChI=1S/C16H17ClFNO/c1-10-7-13(8-11(2)16(10)17)20-15-4-3-12(5-6-19)9-14(15)18/h3-4,7-9H,5-6,19H2,1-2H3. The molecule has 0 atom stereocenters. The molecule has 4 heteroatoms. The average Bonchev–Trinajstić information content (AvgIpc) is 2.39. The van der Waals surface area contributed by atoms with E-state index in [4.69, 9.17) is 22.1 Å². The van der Waals surface area contributed by atoms with Gasteiger partial charge in [-0.2, -0.15) is 0 Å². The molecule has 106 valence electrons. The van der Waals surface area contributed by atoms with Crippen molar-refractivity contribution in [2.75, 3.05) is 6.54 Å². The molecule has 0 bridgehead atoms. The zero-order valence-electron chi connectivity index (χ0n) is 11.5. The molecule has 0 saturated heterocycles. The van der Waals surface area contributed by atoms with E-state index in [-0.39, 0.29) is 11.6 Å². The van der Waals surface area contributed by atoms with Crippen molar-refractivity contribution in [3.05, 3.63) is 57.9 Å². The van der Waals surface area contributed by atoms with Crippen LogP contribution in [0.1, 0.15) is 16.7 Å². The van der Waals surface area contributed by atoms with Crippen LogP contribution >= 0.6 is 11.6 Å². The molecule has 20 heavy (non-hydrogen) atoms. The second-order valence-corrected chi connectivity index (χ2v) is 5.15. The Balaban J connectivity index is 2.26. The van der Waals surface area contributed by atoms with Crippen LogP contribution in [0.4, 0.5) is 4.39 Å². The van der Waals surface area contributed by atoms with Crippen LogP contribution in [0, 0.1) is 19.7 Å². The van der Waals surface area contributed by atoms with Crippen LogP contribution in [0.25, 0.3) is 0 Å². The van der Waals surface area contributed by atoms with Crippen LogP contribution in [0.2, 0.25) is 5.02 Å². The summed E-state index contributed by atoms with van der Waals surface area (Å²) >= 11 is 6.10. The van der Waals surface area contributed by atoms with Crippen LogP contribution in [-0.2, 0) is 6.42 Å². The van der Waals surface area contributed by atoms with Crippen molar-refractivity contribution < 1.29 is 9.13 Å². The highest BCUT2D eigenvalue weighted by Gasteiger charge is 2.08. The Morgan fingerprint density at radius 3 is 2.35 bits per heavy atom. The summed E-state index contributed by atoms with van der Waals surface area (Å²) in [7, 11) is 0. The van der Waals surface area contributed by atoms with Gasteiger partial charge in [0.1, 0.15) is 5.75 Å². The molecule has 2 nitrogen and oxygen atoms in total. The van der Waals surface area contributed by atoms with E-state index in [1.807, 2.05) is 19.9 Å². The smallest absolute Gasteiger partial charge is 0.165 e. The first-order valence-electron chi connectivity index (χ1n) is 6.44. The molecule has 0 heterocycles. The molecule has 0 aromatic heterocycles. The molecule has 0 radical (unpaired) electrons. The van der Waals surface area contributed by atoms with Gasteiger partial charge in [0, 0.05) is 5.02 Å². The van der Waals surface area contributed by atoms with E-state index in [9.17, 15) is 4.39 Å². The molecule has 0 aliphatic heterocycles. The Morgan fingerprint density at radius 2 is 1.80 bits per heavy atom. The topological polar surface area (TPSA) is 35.2 Å². The average molecular weight is 294 g/mol. The highest BCUT2D eigenvalue weighted by atomic mass is 35.5. The van der Waals surface area contributed by atoms with Crippen molar-refractivity contribution in [3.8, 4) is 11.5 Å². The first-order chi connectivity index (χ1) is 9.51. The molecule has 2 rings (SSSR count). The number of rotatable bonds is 4. The number of benzene rings is 2. The summed E-state index contributed by atoms with van der Waals surface area (Å²) in [5.74, 6) is 0.392. The van der Waals surface area contributed by atoms with Gasteiger partial charge >= 0.3 is 0 Å². The predicted molar refractivity (Wildman–Crippen MR) is 80.2 cm³/mol. The predicted octanol–water partition coefficient (Wildman–Crippen LogP) is 4.39. The van der Waals surface area contributed by atoms with Crippen molar-refractivity contribution in [2.45, 2.75) is 20.3 Å². The van der Waals surface area contributed by atoms with E-state index in [2.05, 4.69) is 0 Å². The maximum absolute atomic E-state index is 13.9. The van der Waals surface area contributed by atoms with Gasteiger partial charge in [-0.3, -0.25) is 0 Å². The van der Waals surface area contributed by atoms with E-state index in [0.717, 1.165) is 16.7 Å². The van der Waals surface area contributed by atoms with E-state index in [1.165, 1.54) is 6.07 Å². The molecule has 0 aliphatic carbocycles. The van der Waals surface area contributed by atoms with Gasteiger partial charge in [0.05, 0.1) is 0 Å². The second-order valence-electron chi connectivity index (χ2n) is 4.78. The minimum Gasteiger partial charge on any atom is -0.454 e. The van der Waals surface area contributed by atoms with Crippen LogP contribution < -0.4 is 10.5 Å². The molecule has 0 spiro atoms. The number of ether oxygens (including phenoxy) is 1. The quantitative estimate of drug-likeness (QED) is 0.907. The Kier molecular flexibility index (Phi) is 4.63. The molecule has 0 saturated carbocycles. The lowest BCUT2D eigenvalue weighted by Gasteiger charge is -2.11. The van der Waals surface area contributed by atoms with Gasteiger partial charge in [0.15, 0.2) is 11.6 Å². The van der Waals surface area contributed by atoms with Gasteiger partial charge in [-0.25, -0.2) is 4.39 Å². The molecule has 2 aromatic carbocycles. The van der Waals surface area contributed by atoms with Gasteiger partial charge < -0.3 is 10.5 Å². The summed E-state index contributed by atoms with van der Waals surface area (Å²) in [5, 5.41) is 0.705. The molecule has 2 aromatic rings. The van der Waals surface area contributed by atoms with Gasteiger partial charge in [-0.05, 0) is 67.8 Å². The van der Waals surface area contributed by atoms with Crippen molar-refractivity contribution in [1.82, 2.24) is 0 Å². The van der Waals surface area contributed by atoms with Crippen LogP contribution in [0.5, 0.6) is 11.5 Å². The Bertz CT molecular complexity index is 605. The lowest BCUT2D eigenvalue weighted by molar-refractivity contribution is 0.441. The fourth-order valence-electron chi connectivity index (χ4n) is 2.04. The van der Waals surface area contributed by atoms with Crippen molar-refractivity contribution >= 4 is 11.6 Å². The summed E-state index contributed by atoms with van der Waals surface area (Å²) < 4.78 is 19.5. The third-order valence-electron chi connectivity index (χ3n) is 3.07. The summed E-state index contributed by atoms with van der Waals surface area (Å²) in [6, 6.07) is 8.49. The van der Waals surface area contributed by atoms with E-state index >= 15 is 0 Å².